The van der Waals surface area contributed by atoms with Gasteiger partial charge in [-0.2, -0.15) is 0 Å². The Hall–Kier alpha value is -1.41. The van der Waals surface area contributed by atoms with Crippen LogP contribution in [0.15, 0.2) is 21.0 Å². The standard InChI is InChI=1S/C13H21N3O4S/c1-3-10(2)8-14-21(18,19)9-11-6-4-5-7-12-15-20-13(17)16(11)12/h3,11,14H,4-9H2,1-2H3/b10-3+. The van der Waals surface area contributed by atoms with Crippen molar-refractivity contribution in [1.82, 2.24) is 14.4 Å². The van der Waals surface area contributed by atoms with Crippen molar-refractivity contribution in [3.8, 4) is 0 Å². The van der Waals surface area contributed by atoms with Crippen LogP contribution < -0.4 is 10.5 Å². The van der Waals surface area contributed by atoms with Gasteiger partial charge in [-0.1, -0.05) is 23.2 Å². The largest absolute Gasteiger partial charge is 0.441 e. The van der Waals surface area contributed by atoms with Gasteiger partial charge in [0.25, 0.3) is 0 Å². The first-order valence-corrected chi connectivity index (χ1v) is 8.74. The molecule has 0 saturated heterocycles. The molecular weight excluding hydrogens is 294 g/mol. The minimum atomic E-state index is -3.46. The van der Waals surface area contributed by atoms with E-state index in [-0.39, 0.29) is 12.3 Å². The molecule has 2 rings (SSSR count). The molecule has 1 aliphatic heterocycles. The van der Waals surface area contributed by atoms with Gasteiger partial charge in [0.15, 0.2) is 5.82 Å². The number of fused-ring (bicyclic) bond motifs is 1. The minimum absolute atomic E-state index is 0.127. The molecule has 0 amide bonds. The average molecular weight is 315 g/mol. The van der Waals surface area contributed by atoms with Crippen molar-refractivity contribution in [2.45, 2.75) is 45.6 Å². The Kier molecular flexibility index (Phi) is 5.00. The van der Waals surface area contributed by atoms with Crippen LogP contribution in [0, 0.1) is 0 Å². The summed E-state index contributed by atoms with van der Waals surface area (Å²) >= 11 is 0. The number of aromatic nitrogens is 2. The number of allylic oxidation sites excluding steroid dienone is 1. The maximum Gasteiger partial charge on any atom is 0.441 e. The predicted molar refractivity (Wildman–Crippen MR) is 78.6 cm³/mol. The molecule has 1 atom stereocenters. The summed E-state index contributed by atoms with van der Waals surface area (Å²) in [6.07, 6.45) is 4.90. The van der Waals surface area contributed by atoms with E-state index in [4.69, 9.17) is 0 Å². The Bertz CT molecular complexity index is 672. The van der Waals surface area contributed by atoms with E-state index in [1.165, 1.54) is 4.57 Å². The SMILES string of the molecule is C/C=C(\C)CNS(=O)(=O)CC1CCCCc2noc(=O)n21. The highest BCUT2D eigenvalue weighted by atomic mass is 32.2. The van der Waals surface area contributed by atoms with Crippen molar-refractivity contribution in [3.05, 3.63) is 28.0 Å². The van der Waals surface area contributed by atoms with E-state index in [9.17, 15) is 13.2 Å². The molecule has 0 aliphatic carbocycles. The topological polar surface area (TPSA) is 94.2 Å². The molecule has 0 spiro atoms. The number of aryl methyl sites for hydroxylation is 1. The lowest BCUT2D eigenvalue weighted by Crippen LogP contribution is -2.34. The molecule has 0 radical (unpaired) electrons. The Balaban J connectivity index is 2.15. The normalized spacial score (nSPS) is 20.1. The van der Waals surface area contributed by atoms with E-state index in [2.05, 4.69) is 14.4 Å². The average Bonchev–Trinajstić information content (AvgIpc) is 2.68. The summed E-state index contributed by atoms with van der Waals surface area (Å²) in [6, 6.07) is -0.412. The lowest BCUT2D eigenvalue weighted by atomic mass is 10.1. The van der Waals surface area contributed by atoms with Crippen LogP contribution in [0.5, 0.6) is 0 Å². The fourth-order valence-corrected chi connectivity index (χ4v) is 3.79. The second kappa shape index (κ2) is 6.57. The number of nitrogens with zero attached hydrogens (tertiary/aromatic N) is 2. The van der Waals surface area contributed by atoms with Crippen molar-refractivity contribution in [3.63, 3.8) is 0 Å². The van der Waals surface area contributed by atoms with E-state index < -0.39 is 21.8 Å². The molecule has 118 valence electrons. The molecule has 21 heavy (non-hydrogen) atoms. The number of hydrogen-bond acceptors (Lipinski definition) is 5. The van der Waals surface area contributed by atoms with Gasteiger partial charge in [0.1, 0.15) is 0 Å². The number of rotatable bonds is 5. The minimum Gasteiger partial charge on any atom is -0.296 e. The number of nitrogens with one attached hydrogen (secondary N) is 1. The van der Waals surface area contributed by atoms with Crippen molar-refractivity contribution in [1.29, 1.82) is 0 Å². The monoisotopic (exact) mass is 315 g/mol. The van der Waals surface area contributed by atoms with Gasteiger partial charge in [-0.3, -0.25) is 9.09 Å². The molecule has 0 bridgehead atoms. The van der Waals surface area contributed by atoms with Crippen molar-refractivity contribution in [2.75, 3.05) is 12.3 Å². The zero-order valence-corrected chi connectivity index (χ0v) is 13.1. The van der Waals surface area contributed by atoms with Gasteiger partial charge >= 0.3 is 5.76 Å². The Labute approximate surface area is 124 Å². The van der Waals surface area contributed by atoms with Gasteiger partial charge in [-0.05, 0) is 26.7 Å². The maximum absolute atomic E-state index is 12.2. The lowest BCUT2D eigenvalue weighted by molar-refractivity contribution is 0.358. The molecule has 1 aliphatic rings. The van der Waals surface area contributed by atoms with Gasteiger partial charge < -0.3 is 0 Å². The molecule has 7 nitrogen and oxygen atoms in total. The number of sulfonamides is 1. The van der Waals surface area contributed by atoms with E-state index in [0.29, 0.717) is 18.7 Å². The maximum atomic E-state index is 12.2. The first-order valence-electron chi connectivity index (χ1n) is 7.09. The second-order valence-corrected chi connectivity index (χ2v) is 7.22. The van der Waals surface area contributed by atoms with E-state index >= 15 is 0 Å². The Morgan fingerprint density at radius 2 is 2.29 bits per heavy atom. The van der Waals surface area contributed by atoms with Gasteiger partial charge in [-0.15, -0.1) is 0 Å². The van der Waals surface area contributed by atoms with Crippen LogP contribution in [-0.4, -0.2) is 30.4 Å². The zero-order chi connectivity index (χ0) is 15.5. The fourth-order valence-electron chi connectivity index (χ4n) is 2.40. The van der Waals surface area contributed by atoms with E-state index in [0.717, 1.165) is 18.4 Å². The fraction of sp³-hybridized carbons (Fsp3) is 0.692. The van der Waals surface area contributed by atoms with Crippen molar-refractivity contribution >= 4 is 10.0 Å². The third-order valence-electron chi connectivity index (χ3n) is 3.73. The molecule has 1 N–H and O–H groups in total. The summed E-state index contributed by atoms with van der Waals surface area (Å²) < 4.78 is 33.0. The van der Waals surface area contributed by atoms with Crippen LogP contribution in [0.25, 0.3) is 0 Å². The highest BCUT2D eigenvalue weighted by molar-refractivity contribution is 7.89. The third kappa shape index (κ3) is 4.04. The van der Waals surface area contributed by atoms with Crippen LogP contribution in [0.3, 0.4) is 0 Å². The summed E-state index contributed by atoms with van der Waals surface area (Å²) in [6.45, 7) is 4.01. The van der Waals surface area contributed by atoms with Crippen molar-refractivity contribution in [2.24, 2.45) is 0 Å². The molecule has 0 aromatic carbocycles. The smallest absolute Gasteiger partial charge is 0.296 e. The van der Waals surface area contributed by atoms with Crippen LogP contribution in [0.1, 0.15) is 45.0 Å². The summed E-state index contributed by atoms with van der Waals surface area (Å²) in [5.74, 6) is -0.156. The molecule has 1 unspecified atom stereocenters. The summed E-state index contributed by atoms with van der Waals surface area (Å²) in [5, 5.41) is 3.74. The molecule has 0 saturated carbocycles. The molecular formula is C13H21N3O4S. The molecule has 1 aromatic rings. The first-order chi connectivity index (χ1) is 9.93. The quantitative estimate of drug-likeness (QED) is 0.818. The van der Waals surface area contributed by atoms with Gasteiger partial charge in [0, 0.05) is 13.0 Å². The highest BCUT2D eigenvalue weighted by Crippen LogP contribution is 2.22. The molecule has 8 heteroatoms. The second-order valence-electron chi connectivity index (χ2n) is 5.37. The van der Waals surface area contributed by atoms with Gasteiger partial charge in [-0.25, -0.2) is 17.9 Å². The Morgan fingerprint density at radius 1 is 1.52 bits per heavy atom. The third-order valence-corrected chi connectivity index (χ3v) is 5.14. The lowest BCUT2D eigenvalue weighted by Gasteiger charge is -2.16. The summed E-state index contributed by atoms with van der Waals surface area (Å²) in [5.41, 5.74) is 0.947. The summed E-state index contributed by atoms with van der Waals surface area (Å²) in [7, 11) is -3.46. The van der Waals surface area contributed by atoms with E-state index in [1.807, 2.05) is 19.9 Å². The van der Waals surface area contributed by atoms with Crippen molar-refractivity contribution < 1.29 is 12.9 Å². The first kappa shape index (κ1) is 16.0. The highest BCUT2D eigenvalue weighted by Gasteiger charge is 2.27. The van der Waals surface area contributed by atoms with Crippen LogP contribution in [-0.2, 0) is 16.4 Å². The zero-order valence-electron chi connectivity index (χ0n) is 12.3. The van der Waals surface area contributed by atoms with E-state index in [1.54, 1.807) is 0 Å². The number of hydrogen-bond donors (Lipinski definition) is 1. The Morgan fingerprint density at radius 3 is 3.00 bits per heavy atom. The molecule has 2 heterocycles. The summed E-state index contributed by atoms with van der Waals surface area (Å²) in [4.78, 5) is 11.7. The molecule has 0 fully saturated rings. The predicted octanol–water partition coefficient (Wildman–Crippen LogP) is 0.989. The molecule has 1 aromatic heterocycles. The van der Waals surface area contributed by atoms with Crippen LogP contribution >= 0.6 is 0 Å². The van der Waals surface area contributed by atoms with Crippen LogP contribution in [0.2, 0.25) is 0 Å². The van der Waals surface area contributed by atoms with Crippen LogP contribution in [0.4, 0.5) is 0 Å². The van der Waals surface area contributed by atoms with Gasteiger partial charge in [0.2, 0.25) is 10.0 Å². The van der Waals surface area contributed by atoms with Gasteiger partial charge in [0.05, 0.1) is 11.8 Å².